The summed E-state index contributed by atoms with van der Waals surface area (Å²) in [6.07, 6.45) is 4.81. The summed E-state index contributed by atoms with van der Waals surface area (Å²) in [6.45, 7) is 8.29. The zero-order chi connectivity index (χ0) is 19.9. The smallest absolute Gasteiger partial charge is 0.246 e. The number of piperidine rings is 1. The number of rotatable bonds is 3. The zero-order valence-electron chi connectivity index (χ0n) is 17.1. The molecule has 0 saturated carbocycles. The average Bonchev–Trinajstić information content (AvgIpc) is 3.18. The Morgan fingerprint density at radius 1 is 1.14 bits per heavy atom. The summed E-state index contributed by atoms with van der Waals surface area (Å²) in [5.41, 5.74) is 0. The van der Waals surface area contributed by atoms with Gasteiger partial charge in [-0.15, -0.1) is 11.8 Å². The van der Waals surface area contributed by atoms with E-state index in [9.17, 15) is 14.4 Å². The molecule has 3 amide bonds. The zero-order valence-corrected chi connectivity index (χ0v) is 17.9. The van der Waals surface area contributed by atoms with Gasteiger partial charge >= 0.3 is 0 Å². The fourth-order valence-electron chi connectivity index (χ4n) is 5.09. The van der Waals surface area contributed by atoms with Crippen LogP contribution >= 0.6 is 11.8 Å². The molecule has 0 aromatic heterocycles. The standard InChI is InChI=1S/C20H32N4O3S/c1-15-5-3-4-8-23(15)18(26)13-21-9-11-22(12-10-21)19(27)16-14-28-20(2)7-6-17(25)24(16)20/h15-16H,3-14H2,1-2H3. The van der Waals surface area contributed by atoms with Crippen LogP contribution in [0, 0.1) is 0 Å². The number of carbonyl (C=O) groups is 3. The van der Waals surface area contributed by atoms with Gasteiger partial charge in [0.1, 0.15) is 6.04 Å². The van der Waals surface area contributed by atoms with Crippen molar-refractivity contribution in [3.63, 3.8) is 0 Å². The van der Waals surface area contributed by atoms with Crippen molar-refractivity contribution in [1.29, 1.82) is 0 Å². The van der Waals surface area contributed by atoms with Crippen molar-refractivity contribution in [2.24, 2.45) is 0 Å². The highest BCUT2D eigenvalue weighted by Gasteiger charge is 2.53. The van der Waals surface area contributed by atoms with Crippen LogP contribution in [0.3, 0.4) is 0 Å². The molecule has 7 nitrogen and oxygen atoms in total. The molecule has 4 aliphatic heterocycles. The van der Waals surface area contributed by atoms with Crippen LogP contribution in [0.15, 0.2) is 0 Å². The number of nitrogens with zero attached hydrogens (tertiary/aromatic N) is 4. The number of thioether (sulfide) groups is 1. The summed E-state index contributed by atoms with van der Waals surface area (Å²) in [4.78, 5) is 45.8. The van der Waals surface area contributed by atoms with E-state index in [4.69, 9.17) is 0 Å². The van der Waals surface area contributed by atoms with E-state index in [0.29, 0.717) is 37.8 Å². The molecule has 0 spiro atoms. The Morgan fingerprint density at radius 2 is 1.89 bits per heavy atom. The van der Waals surface area contributed by atoms with E-state index in [1.165, 1.54) is 6.42 Å². The maximum absolute atomic E-state index is 13.1. The molecular formula is C20H32N4O3S. The predicted octanol–water partition coefficient (Wildman–Crippen LogP) is 0.986. The van der Waals surface area contributed by atoms with Gasteiger partial charge in [0, 0.05) is 50.9 Å². The van der Waals surface area contributed by atoms with Crippen molar-refractivity contribution in [2.45, 2.75) is 62.9 Å². The van der Waals surface area contributed by atoms with Gasteiger partial charge in [0.25, 0.3) is 0 Å². The van der Waals surface area contributed by atoms with Gasteiger partial charge < -0.3 is 14.7 Å². The topological polar surface area (TPSA) is 64.2 Å². The molecule has 156 valence electrons. The number of likely N-dealkylation sites (tertiary alicyclic amines) is 1. The summed E-state index contributed by atoms with van der Waals surface area (Å²) < 4.78 is 0. The molecule has 0 radical (unpaired) electrons. The fraction of sp³-hybridized carbons (Fsp3) is 0.850. The van der Waals surface area contributed by atoms with Crippen LogP contribution in [0.5, 0.6) is 0 Å². The van der Waals surface area contributed by atoms with Gasteiger partial charge in [-0.3, -0.25) is 19.3 Å². The van der Waals surface area contributed by atoms with E-state index < -0.39 is 0 Å². The molecular weight excluding hydrogens is 376 g/mol. The lowest BCUT2D eigenvalue weighted by Crippen LogP contribution is -2.57. The lowest BCUT2D eigenvalue weighted by Gasteiger charge is -2.39. The lowest BCUT2D eigenvalue weighted by molar-refractivity contribution is -0.145. The lowest BCUT2D eigenvalue weighted by atomic mass is 10.0. The summed E-state index contributed by atoms with van der Waals surface area (Å²) in [5.74, 6) is 1.12. The number of carbonyl (C=O) groups excluding carboxylic acids is 3. The van der Waals surface area contributed by atoms with Crippen LogP contribution < -0.4 is 0 Å². The summed E-state index contributed by atoms with van der Waals surface area (Å²) in [7, 11) is 0. The second-order valence-electron chi connectivity index (χ2n) is 8.80. The predicted molar refractivity (Wildman–Crippen MR) is 109 cm³/mol. The van der Waals surface area contributed by atoms with Gasteiger partial charge in [-0.2, -0.15) is 0 Å². The third-order valence-corrected chi connectivity index (χ3v) is 8.40. The first kappa shape index (κ1) is 20.0. The van der Waals surface area contributed by atoms with Crippen molar-refractivity contribution in [3.05, 3.63) is 0 Å². The van der Waals surface area contributed by atoms with Crippen molar-refractivity contribution in [1.82, 2.24) is 19.6 Å². The van der Waals surface area contributed by atoms with Gasteiger partial charge in [-0.25, -0.2) is 0 Å². The number of amides is 3. The van der Waals surface area contributed by atoms with Crippen LogP contribution in [-0.2, 0) is 14.4 Å². The Bertz CT molecular complexity index is 651. The third-order valence-electron chi connectivity index (χ3n) is 6.90. The Balaban J connectivity index is 1.29. The van der Waals surface area contributed by atoms with Crippen molar-refractivity contribution in [3.8, 4) is 0 Å². The largest absolute Gasteiger partial charge is 0.339 e. The van der Waals surface area contributed by atoms with E-state index >= 15 is 0 Å². The van der Waals surface area contributed by atoms with E-state index in [0.717, 1.165) is 38.9 Å². The first-order valence-electron chi connectivity index (χ1n) is 10.7. The van der Waals surface area contributed by atoms with E-state index in [1.807, 2.05) is 14.7 Å². The van der Waals surface area contributed by atoms with Crippen molar-refractivity contribution >= 4 is 29.5 Å². The first-order chi connectivity index (χ1) is 13.4. The second-order valence-corrected chi connectivity index (χ2v) is 10.3. The molecule has 0 bridgehead atoms. The minimum Gasteiger partial charge on any atom is -0.339 e. The van der Waals surface area contributed by atoms with Crippen molar-refractivity contribution < 1.29 is 14.4 Å². The molecule has 0 aliphatic carbocycles. The van der Waals surface area contributed by atoms with Crippen LogP contribution in [0.1, 0.15) is 46.0 Å². The molecule has 4 saturated heterocycles. The molecule has 4 aliphatic rings. The number of fused-ring (bicyclic) bond motifs is 1. The summed E-state index contributed by atoms with van der Waals surface area (Å²) >= 11 is 1.74. The maximum Gasteiger partial charge on any atom is 0.246 e. The second kappa shape index (κ2) is 7.86. The molecule has 4 rings (SSSR count). The fourth-order valence-corrected chi connectivity index (χ4v) is 6.51. The molecule has 3 atom stereocenters. The molecule has 3 unspecified atom stereocenters. The first-order valence-corrected chi connectivity index (χ1v) is 11.6. The third kappa shape index (κ3) is 3.65. The number of hydrogen-bond acceptors (Lipinski definition) is 5. The van der Waals surface area contributed by atoms with Crippen LogP contribution in [0.2, 0.25) is 0 Å². The van der Waals surface area contributed by atoms with Crippen LogP contribution in [0.4, 0.5) is 0 Å². The van der Waals surface area contributed by atoms with Crippen molar-refractivity contribution in [2.75, 3.05) is 45.0 Å². The highest BCUT2D eigenvalue weighted by atomic mass is 32.2. The van der Waals surface area contributed by atoms with E-state index in [1.54, 1.807) is 11.8 Å². The Hall–Kier alpha value is -1.28. The quantitative estimate of drug-likeness (QED) is 0.697. The minimum atomic E-state index is -0.313. The Morgan fingerprint density at radius 3 is 2.61 bits per heavy atom. The minimum absolute atomic E-state index is 0.0853. The highest BCUT2D eigenvalue weighted by Crippen LogP contribution is 2.47. The molecule has 4 heterocycles. The SMILES string of the molecule is CC1CCCCN1C(=O)CN1CCN(C(=O)C2CSC3(C)CCC(=O)N23)CC1. The molecule has 28 heavy (non-hydrogen) atoms. The molecule has 0 aromatic rings. The molecule has 0 N–H and O–H groups in total. The van der Waals surface area contributed by atoms with Gasteiger partial charge in [0.2, 0.25) is 17.7 Å². The molecule has 8 heteroatoms. The monoisotopic (exact) mass is 408 g/mol. The van der Waals surface area contributed by atoms with Crippen LogP contribution in [-0.4, -0.2) is 99.3 Å². The van der Waals surface area contributed by atoms with Gasteiger partial charge in [0.05, 0.1) is 11.4 Å². The number of piperazine rings is 1. The molecule has 4 fully saturated rings. The Kier molecular flexibility index (Phi) is 5.62. The van der Waals surface area contributed by atoms with E-state index in [2.05, 4.69) is 18.7 Å². The molecule has 0 aromatic carbocycles. The summed E-state index contributed by atoms with van der Waals surface area (Å²) in [6, 6.07) is 0.0312. The van der Waals surface area contributed by atoms with E-state index in [-0.39, 0.29) is 28.6 Å². The van der Waals surface area contributed by atoms with Gasteiger partial charge in [-0.05, 0) is 39.5 Å². The van der Waals surface area contributed by atoms with Crippen LogP contribution in [0.25, 0.3) is 0 Å². The maximum atomic E-state index is 13.1. The van der Waals surface area contributed by atoms with Gasteiger partial charge in [0.15, 0.2) is 0 Å². The number of hydrogen-bond donors (Lipinski definition) is 0. The highest BCUT2D eigenvalue weighted by molar-refractivity contribution is 8.01. The summed E-state index contributed by atoms with van der Waals surface area (Å²) in [5, 5.41) is 0. The normalized spacial score (nSPS) is 34.1. The average molecular weight is 409 g/mol. The Labute approximate surface area is 171 Å². The van der Waals surface area contributed by atoms with Gasteiger partial charge in [-0.1, -0.05) is 0 Å².